The molecule has 132 valence electrons. The molecule has 0 amide bonds. The topological polar surface area (TPSA) is 74.8 Å². The predicted octanol–water partition coefficient (Wildman–Crippen LogP) is 4.04. The molecule has 2 aromatic heterocycles. The molecule has 0 atom stereocenters. The lowest BCUT2D eigenvalue weighted by molar-refractivity contribution is 0.480. The van der Waals surface area contributed by atoms with Gasteiger partial charge in [0, 0.05) is 29.4 Å². The Balaban J connectivity index is 2.23. The van der Waals surface area contributed by atoms with E-state index in [1.54, 1.807) is 12.3 Å². The number of pyridine rings is 1. The Labute approximate surface area is 148 Å². The molecule has 0 bridgehead atoms. The van der Waals surface area contributed by atoms with E-state index in [2.05, 4.69) is 34.6 Å². The molecule has 0 saturated heterocycles. The lowest BCUT2D eigenvalue weighted by atomic mass is 9.71. The Bertz CT molecular complexity index is 974. The second kappa shape index (κ2) is 6.52. The number of para-hydroxylation sites is 1. The number of hydrogen-bond acceptors (Lipinski definition) is 3. The third-order valence-corrected chi connectivity index (χ3v) is 5.54. The summed E-state index contributed by atoms with van der Waals surface area (Å²) in [5, 5.41) is 1.03. The van der Waals surface area contributed by atoms with Crippen molar-refractivity contribution in [1.29, 1.82) is 0 Å². The fraction of sp³-hybridized carbons (Fsp3) is 0.316. The van der Waals surface area contributed by atoms with Crippen molar-refractivity contribution >= 4 is 26.6 Å². The van der Waals surface area contributed by atoms with Crippen LogP contribution in [-0.2, 0) is 15.4 Å². The molecule has 0 saturated carbocycles. The van der Waals surface area contributed by atoms with Gasteiger partial charge in [0.25, 0.3) is 0 Å². The Morgan fingerprint density at radius 1 is 1.16 bits per heavy atom. The molecule has 0 aliphatic carbocycles. The van der Waals surface area contributed by atoms with Gasteiger partial charge < -0.3 is 4.98 Å². The smallest absolute Gasteiger partial charge is 0.229 e. The van der Waals surface area contributed by atoms with Crippen LogP contribution in [0.2, 0.25) is 0 Å². The third kappa shape index (κ3) is 3.14. The van der Waals surface area contributed by atoms with Crippen LogP contribution in [0, 0.1) is 0 Å². The summed E-state index contributed by atoms with van der Waals surface area (Å²) in [7, 11) is -3.34. The largest absolute Gasteiger partial charge is 0.359 e. The summed E-state index contributed by atoms with van der Waals surface area (Å²) in [6.45, 7) is 4.35. The first-order valence-electron chi connectivity index (χ1n) is 8.40. The van der Waals surface area contributed by atoms with Gasteiger partial charge in [-0.3, -0.25) is 9.71 Å². The first-order chi connectivity index (χ1) is 11.9. The molecule has 3 aromatic rings. The van der Waals surface area contributed by atoms with Crippen LogP contribution >= 0.6 is 0 Å². The van der Waals surface area contributed by atoms with Gasteiger partial charge in [0.1, 0.15) is 0 Å². The van der Waals surface area contributed by atoms with Crippen LogP contribution in [0.5, 0.6) is 0 Å². The van der Waals surface area contributed by atoms with Gasteiger partial charge in [-0.1, -0.05) is 32.0 Å². The average molecular weight is 357 g/mol. The molecule has 0 unspecified atom stereocenters. The van der Waals surface area contributed by atoms with Crippen LogP contribution in [0.3, 0.4) is 0 Å². The van der Waals surface area contributed by atoms with Crippen molar-refractivity contribution in [3.8, 4) is 0 Å². The SMILES string of the molecule is CCC(CC)(c1cccnc1)c1c[nH]c2c(NS(C)(=O)=O)cccc12. The van der Waals surface area contributed by atoms with E-state index in [-0.39, 0.29) is 5.41 Å². The number of aromatic amines is 1. The van der Waals surface area contributed by atoms with E-state index < -0.39 is 10.0 Å². The Morgan fingerprint density at radius 3 is 2.52 bits per heavy atom. The van der Waals surface area contributed by atoms with E-state index in [0.717, 1.165) is 35.6 Å². The first kappa shape index (κ1) is 17.5. The number of rotatable bonds is 6. The van der Waals surface area contributed by atoms with E-state index in [1.807, 2.05) is 30.6 Å². The number of hydrogen-bond donors (Lipinski definition) is 2. The number of aromatic nitrogens is 2. The van der Waals surface area contributed by atoms with Crippen LogP contribution in [0.25, 0.3) is 10.9 Å². The quantitative estimate of drug-likeness (QED) is 0.699. The summed E-state index contributed by atoms with van der Waals surface area (Å²) in [4.78, 5) is 7.58. The third-order valence-electron chi connectivity index (χ3n) is 4.95. The maximum atomic E-state index is 11.6. The fourth-order valence-electron chi connectivity index (χ4n) is 3.68. The minimum absolute atomic E-state index is 0.170. The summed E-state index contributed by atoms with van der Waals surface area (Å²) in [5.74, 6) is 0. The van der Waals surface area contributed by atoms with Gasteiger partial charge in [0.05, 0.1) is 17.5 Å². The number of fused-ring (bicyclic) bond motifs is 1. The van der Waals surface area contributed by atoms with Gasteiger partial charge in [-0.25, -0.2) is 8.42 Å². The number of sulfonamides is 1. The van der Waals surface area contributed by atoms with E-state index in [0.29, 0.717) is 5.69 Å². The molecule has 1 aromatic carbocycles. The molecule has 0 aliphatic rings. The minimum Gasteiger partial charge on any atom is -0.359 e. The van der Waals surface area contributed by atoms with Gasteiger partial charge in [-0.15, -0.1) is 0 Å². The lowest BCUT2D eigenvalue weighted by Crippen LogP contribution is -2.25. The van der Waals surface area contributed by atoms with Gasteiger partial charge in [0.2, 0.25) is 10.0 Å². The van der Waals surface area contributed by atoms with Gasteiger partial charge in [0.15, 0.2) is 0 Å². The summed E-state index contributed by atoms with van der Waals surface area (Å²) >= 11 is 0. The monoisotopic (exact) mass is 357 g/mol. The zero-order valence-electron chi connectivity index (χ0n) is 14.7. The molecule has 5 nitrogen and oxygen atoms in total. The molecule has 2 N–H and O–H groups in total. The highest BCUT2D eigenvalue weighted by Crippen LogP contribution is 2.42. The van der Waals surface area contributed by atoms with E-state index in [1.165, 1.54) is 5.56 Å². The maximum Gasteiger partial charge on any atom is 0.229 e. The summed E-state index contributed by atoms with van der Waals surface area (Å²) < 4.78 is 25.9. The average Bonchev–Trinajstić information content (AvgIpc) is 3.02. The molecule has 0 aliphatic heterocycles. The van der Waals surface area contributed by atoms with Crippen molar-refractivity contribution in [1.82, 2.24) is 9.97 Å². The number of H-pyrrole nitrogens is 1. The number of benzene rings is 1. The molecule has 0 radical (unpaired) electrons. The zero-order valence-corrected chi connectivity index (χ0v) is 15.5. The van der Waals surface area contributed by atoms with Crippen molar-refractivity contribution in [3.63, 3.8) is 0 Å². The van der Waals surface area contributed by atoms with Crippen LogP contribution in [-0.4, -0.2) is 24.6 Å². The van der Waals surface area contributed by atoms with Crippen molar-refractivity contribution in [2.75, 3.05) is 11.0 Å². The van der Waals surface area contributed by atoms with Crippen LogP contribution in [0.1, 0.15) is 37.8 Å². The second-order valence-electron chi connectivity index (χ2n) is 6.34. The van der Waals surface area contributed by atoms with Gasteiger partial charge in [-0.05, 0) is 36.1 Å². The van der Waals surface area contributed by atoms with Gasteiger partial charge in [-0.2, -0.15) is 0 Å². The summed E-state index contributed by atoms with van der Waals surface area (Å²) in [5.41, 5.74) is 3.53. The van der Waals surface area contributed by atoms with Crippen molar-refractivity contribution in [3.05, 3.63) is 60.0 Å². The fourth-order valence-corrected chi connectivity index (χ4v) is 4.25. The van der Waals surface area contributed by atoms with E-state index in [4.69, 9.17) is 0 Å². The van der Waals surface area contributed by atoms with Crippen LogP contribution < -0.4 is 4.72 Å². The molecule has 0 fully saturated rings. The lowest BCUT2D eigenvalue weighted by Gasteiger charge is -2.32. The first-order valence-corrected chi connectivity index (χ1v) is 10.3. The van der Waals surface area contributed by atoms with Crippen molar-refractivity contribution in [2.45, 2.75) is 32.1 Å². The summed E-state index contributed by atoms with van der Waals surface area (Å²) in [6, 6.07) is 9.75. The van der Waals surface area contributed by atoms with E-state index >= 15 is 0 Å². The maximum absolute atomic E-state index is 11.6. The van der Waals surface area contributed by atoms with Crippen LogP contribution in [0.15, 0.2) is 48.9 Å². The van der Waals surface area contributed by atoms with E-state index in [9.17, 15) is 8.42 Å². The van der Waals surface area contributed by atoms with Crippen LogP contribution in [0.4, 0.5) is 5.69 Å². The minimum atomic E-state index is -3.34. The molecule has 6 heteroatoms. The highest BCUT2D eigenvalue weighted by molar-refractivity contribution is 7.92. The number of nitrogens with zero attached hydrogens (tertiary/aromatic N) is 1. The molecule has 0 spiro atoms. The highest BCUT2D eigenvalue weighted by atomic mass is 32.2. The number of nitrogens with one attached hydrogen (secondary N) is 2. The Morgan fingerprint density at radius 2 is 1.92 bits per heavy atom. The molecule has 3 rings (SSSR count). The second-order valence-corrected chi connectivity index (χ2v) is 8.08. The molecule has 25 heavy (non-hydrogen) atoms. The van der Waals surface area contributed by atoms with Gasteiger partial charge >= 0.3 is 0 Å². The van der Waals surface area contributed by atoms with Crippen molar-refractivity contribution < 1.29 is 8.42 Å². The Kier molecular flexibility index (Phi) is 4.56. The highest BCUT2D eigenvalue weighted by Gasteiger charge is 2.33. The Hall–Kier alpha value is -2.34. The summed E-state index contributed by atoms with van der Waals surface area (Å²) in [6.07, 6.45) is 8.71. The standard InChI is InChI=1S/C19H23N3O2S/c1-4-19(5-2,14-8-7-11-20-12-14)16-13-21-18-15(16)9-6-10-17(18)22-25(3,23)24/h6-13,21-22H,4-5H2,1-3H3. The molecular weight excluding hydrogens is 334 g/mol. The molecule has 2 heterocycles. The number of anilines is 1. The molecular formula is C19H23N3O2S. The predicted molar refractivity (Wildman–Crippen MR) is 102 cm³/mol. The zero-order chi connectivity index (χ0) is 18.1. The van der Waals surface area contributed by atoms with Crippen molar-refractivity contribution in [2.24, 2.45) is 0 Å². The normalized spacial score (nSPS) is 12.4.